The van der Waals surface area contributed by atoms with Gasteiger partial charge in [0.2, 0.25) is 5.88 Å². The number of nitrogens with zero attached hydrogens (tertiary/aromatic N) is 2. The van der Waals surface area contributed by atoms with Gasteiger partial charge in [0.1, 0.15) is 5.70 Å². The Morgan fingerprint density at radius 3 is 3.00 bits per heavy atom. The van der Waals surface area contributed by atoms with Crippen LogP contribution in [0.3, 0.4) is 0 Å². The Morgan fingerprint density at radius 1 is 1.62 bits per heavy atom. The number of thioether (sulfide) groups is 1. The Kier molecular flexibility index (Phi) is 3.00. The van der Waals surface area contributed by atoms with Crippen molar-refractivity contribution in [3.8, 4) is 5.88 Å². The molecule has 1 aromatic heterocycles. The Hall–Kier alpha value is -1.69. The summed E-state index contributed by atoms with van der Waals surface area (Å²) in [5.74, 6) is 0.174. The third-order valence-corrected chi connectivity index (χ3v) is 2.95. The highest BCUT2D eigenvalue weighted by molar-refractivity contribution is 8.02. The van der Waals surface area contributed by atoms with Crippen molar-refractivity contribution in [1.82, 2.24) is 4.98 Å². The first-order valence-corrected chi connectivity index (χ1v) is 5.60. The highest BCUT2D eigenvalue weighted by Crippen LogP contribution is 2.29. The molecule has 6 heteroatoms. The van der Waals surface area contributed by atoms with Crippen LogP contribution in [0.25, 0.3) is 0 Å². The van der Waals surface area contributed by atoms with Crippen LogP contribution in [0.5, 0.6) is 5.88 Å². The van der Waals surface area contributed by atoms with Gasteiger partial charge < -0.3 is 14.7 Å². The summed E-state index contributed by atoms with van der Waals surface area (Å²) >= 11 is 1.45. The van der Waals surface area contributed by atoms with Crippen molar-refractivity contribution in [2.24, 2.45) is 0 Å². The number of carboxylic acid groups (broad SMARTS) is 1. The average Bonchev–Trinajstić information content (AvgIpc) is 2.78. The van der Waals surface area contributed by atoms with Crippen molar-refractivity contribution in [3.63, 3.8) is 0 Å². The van der Waals surface area contributed by atoms with Gasteiger partial charge >= 0.3 is 5.97 Å². The van der Waals surface area contributed by atoms with Crippen LogP contribution in [0.4, 0.5) is 5.69 Å². The van der Waals surface area contributed by atoms with Crippen LogP contribution in [0.1, 0.15) is 0 Å². The number of carboxylic acids is 1. The molecule has 0 saturated heterocycles. The van der Waals surface area contributed by atoms with Gasteiger partial charge in [-0.2, -0.15) is 0 Å². The molecule has 2 rings (SSSR count). The second-order valence-electron chi connectivity index (χ2n) is 3.09. The molecule has 16 heavy (non-hydrogen) atoms. The Labute approximate surface area is 96.7 Å². The number of hydrogen-bond acceptors (Lipinski definition) is 5. The molecule has 0 aromatic carbocycles. The smallest absolute Gasteiger partial charge is 0.353 e. The van der Waals surface area contributed by atoms with Crippen molar-refractivity contribution in [2.75, 3.05) is 17.9 Å². The van der Waals surface area contributed by atoms with Gasteiger partial charge in [-0.05, 0) is 6.07 Å². The van der Waals surface area contributed by atoms with Gasteiger partial charge in [-0.3, -0.25) is 0 Å². The fraction of sp³-hybridized carbons (Fsp3) is 0.200. The topological polar surface area (TPSA) is 62.7 Å². The van der Waals surface area contributed by atoms with Crippen LogP contribution < -0.4 is 9.64 Å². The maximum atomic E-state index is 10.9. The highest BCUT2D eigenvalue weighted by atomic mass is 32.2. The number of rotatable bonds is 3. The number of anilines is 1. The number of aliphatic carboxylic acids is 1. The molecule has 0 atom stereocenters. The van der Waals surface area contributed by atoms with Gasteiger partial charge in [0.15, 0.2) is 0 Å². The molecule has 1 N–H and O–H groups in total. The molecule has 0 unspecified atom stereocenters. The van der Waals surface area contributed by atoms with Gasteiger partial charge in [0, 0.05) is 11.5 Å². The van der Waals surface area contributed by atoms with Crippen LogP contribution in [-0.4, -0.2) is 29.0 Å². The summed E-state index contributed by atoms with van der Waals surface area (Å²) in [5, 5.41) is 10.6. The molecule has 0 amide bonds. The molecule has 0 bridgehead atoms. The molecule has 0 radical (unpaired) electrons. The maximum absolute atomic E-state index is 10.9. The standard InChI is InChI=1S/C10H10N2O3S/c1-15-9-3-2-7(4-11-9)12-6-16-5-8(12)10(13)14/h2-5H,6H2,1H3,(H,13,14). The van der Waals surface area contributed by atoms with E-state index in [4.69, 9.17) is 9.84 Å². The van der Waals surface area contributed by atoms with Crippen LogP contribution >= 0.6 is 11.8 Å². The lowest BCUT2D eigenvalue weighted by Crippen LogP contribution is -2.23. The zero-order valence-corrected chi connectivity index (χ0v) is 9.40. The first-order chi connectivity index (χ1) is 7.72. The van der Waals surface area contributed by atoms with Crippen LogP contribution in [0, 0.1) is 0 Å². The van der Waals surface area contributed by atoms with E-state index >= 15 is 0 Å². The van der Waals surface area contributed by atoms with Crippen LogP contribution in [0.15, 0.2) is 29.4 Å². The molecular formula is C10H10N2O3S. The summed E-state index contributed by atoms with van der Waals surface area (Å²) in [6, 6.07) is 3.49. The van der Waals surface area contributed by atoms with E-state index in [0.29, 0.717) is 11.8 Å². The van der Waals surface area contributed by atoms with E-state index in [9.17, 15) is 4.79 Å². The molecule has 1 aliphatic heterocycles. The number of ether oxygens (including phenoxy) is 1. The summed E-state index contributed by atoms with van der Waals surface area (Å²) in [7, 11) is 1.54. The van der Waals surface area contributed by atoms with Crippen molar-refractivity contribution < 1.29 is 14.6 Å². The zero-order chi connectivity index (χ0) is 11.5. The minimum absolute atomic E-state index is 0.275. The maximum Gasteiger partial charge on any atom is 0.353 e. The Bertz CT molecular complexity index is 430. The van der Waals surface area contributed by atoms with Crippen molar-refractivity contribution in [1.29, 1.82) is 0 Å². The summed E-state index contributed by atoms with van der Waals surface area (Å²) in [6.07, 6.45) is 1.60. The van der Waals surface area contributed by atoms with E-state index in [-0.39, 0.29) is 5.70 Å². The summed E-state index contributed by atoms with van der Waals surface area (Å²) in [4.78, 5) is 16.7. The highest BCUT2D eigenvalue weighted by Gasteiger charge is 2.23. The predicted molar refractivity (Wildman–Crippen MR) is 61.4 cm³/mol. The molecule has 5 nitrogen and oxygen atoms in total. The molecule has 2 heterocycles. The third kappa shape index (κ3) is 1.96. The van der Waals surface area contributed by atoms with E-state index in [1.54, 1.807) is 28.6 Å². The Balaban J connectivity index is 2.24. The van der Waals surface area contributed by atoms with Gasteiger partial charge in [-0.15, -0.1) is 11.8 Å². The fourth-order valence-electron chi connectivity index (χ4n) is 1.36. The Morgan fingerprint density at radius 2 is 2.44 bits per heavy atom. The molecule has 84 valence electrons. The average molecular weight is 238 g/mol. The van der Waals surface area contributed by atoms with Gasteiger partial charge in [-0.25, -0.2) is 9.78 Å². The van der Waals surface area contributed by atoms with Crippen LogP contribution in [0.2, 0.25) is 0 Å². The molecular weight excluding hydrogens is 228 g/mol. The quantitative estimate of drug-likeness (QED) is 0.861. The van der Waals surface area contributed by atoms with E-state index in [2.05, 4.69) is 4.98 Å². The van der Waals surface area contributed by atoms with E-state index < -0.39 is 5.97 Å². The fourth-order valence-corrected chi connectivity index (χ4v) is 2.25. The van der Waals surface area contributed by atoms with Gasteiger partial charge in [-0.1, -0.05) is 0 Å². The second kappa shape index (κ2) is 4.44. The lowest BCUT2D eigenvalue weighted by atomic mass is 10.3. The summed E-state index contributed by atoms with van der Waals surface area (Å²) < 4.78 is 4.94. The molecule has 0 aliphatic carbocycles. The first-order valence-electron chi connectivity index (χ1n) is 4.55. The first kappa shape index (κ1) is 10.8. The molecule has 0 spiro atoms. The second-order valence-corrected chi connectivity index (χ2v) is 3.92. The van der Waals surface area contributed by atoms with Gasteiger partial charge in [0.25, 0.3) is 0 Å². The molecule has 1 aliphatic rings. The van der Waals surface area contributed by atoms with Crippen molar-refractivity contribution >= 4 is 23.4 Å². The monoisotopic (exact) mass is 238 g/mol. The molecule has 0 saturated carbocycles. The SMILES string of the molecule is COc1ccc(N2CSC=C2C(=O)O)cn1. The van der Waals surface area contributed by atoms with E-state index in [0.717, 1.165) is 5.69 Å². The van der Waals surface area contributed by atoms with Crippen molar-refractivity contribution in [3.05, 3.63) is 29.4 Å². The van der Waals surface area contributed by atoms with E-state index in [1.165, 1.54) is 18.9 Å². The third-order valence-electron chi connectivity index (χ3n) is 2.15. The van der Waals surface area contributed by atoms with E-state index in [1.807, 2.05) is 0 Å². The molecule has 1 aromatic rings. The van der Waals surface area contributed by atoms with Crippen LogP contribution in [-0.2, 0) is 4.79 Å². The number of aromatic nitrogens is 1. The van der Waals surface area contributed by atoms with Gasteiger partial charge in [0.05, 0.1) is 24.9 Å². The zero-order valence-electron chi connectivity index (χ0n) is 8.58. The minimum Gasteiger partial charge on any atom is -0.481 e. The minimum atomic E-state index is -0.930. The summed E-state index contributed by atoms with van der Waals surface area (Å²) in [6.45, 7) is 0. The predicted octanol–water partition coefficient (Wildman–Crippen LogP) is 1.53. The number of carbonyl (C=O) groups is 1. The van der Waals surface area contributed by atoms with Crippen molar-refractivity contribution in [2.45, 2.75) is 0 Å². The largest absolute Gasteiger partial charge is 0.481 e. The number of methoxy groups -OCH3 is 1. The molecule has 0 fully saturated rings. The lowest BCUT2D eigenvalue weighted by Gasteiger charge is -2.18. The number of pyridine rings is 1. The lowest BCUT2D eigenvalue weighted by molar-refractivity contribution is -0.132. The normalized spacial score (nSPS) is 14.8. The number of hydrogen-bond donors (Lipinski definition) is 1. The summed E-state index contributed by atoms with van der Waals surface area (Å²) in [5.41, 5.74) is 1.02.